The van der Waals surface area contributed by atoms with Gasteiger partial charge in [-0.15, -0.1) is 0 Å². The lowest BCUT2D eigenvalue weighted by Gasteiger charge is -2.23. The zero-order valence-corrected chi connectivity index (χ0v) is 11.5. The maximum Gasteiger partial charge on any atom is 0.169 e. The number of hydrogen-bond acceptors (Lipinski definition) is 5. The van der Waals surface area contributed by atoms with Crippen molar-refractivity contribution in [2.45, 2.75) is 6.61 Å². The third-order valence-electron chi connectivity index (χ3n) is 3.35. The maximum absolute atomic E-state index is 6.10. The Kier molecular flexibility index (Phi) is 3.23. The van der Waals surface area contributed by atoms with Crippen LogP contribution in [0.15, 0.2) is 18.3 Å². The van der Waals surface area contributed by atoms with Gasteiger partial charge < -0.3 is 19.9 Å². The van der Waals surface area contributed by atoms with Gasteiger partial charge in [-0.3, -0.25) is 4.68 Å². The average molecular weight is 275 g/mol. The Labute approximate surface area is 117 Å². The van der Waals surface area contributed by atoms with Gasteiger partial charge >= 0.3 is 0 Å². The smallest absolute Gasteiger partial charge is 0.169 e. The predicted molar refractivity (Wildman–Crippen MR) is 74.8 cm³/mol. The topological polar surface area (TPSA) is 71.5 Å². The zero-order chi connectivity index (χ0) is 14.1. The molecular weight excluding hydrogens is 258 g/mol. The van der Waals surface area contributed by atoms with E-state index < -0.39 is 0 Å². The van der Waals surface area contributed by atoms with Crippen molar-refractivity contribution in [3.63, 3.8) is 0 Å². The van der Waals surface area contributed by atoms with Crippen LogP contribution in [0.1, 0.15) is 5.56 Å². The highest BCUT2D eigenvalue weighted by Gasteiger charge is 2.23. The van der Waals surface area contributed by atoms with E-state index >= 15 is 0 Å². The van der Waals surface area contributed by atoms with Gasteiger partial charge in [0.15, 0.2) is 11.5 Å². The second kappa shape index (κ2) is 5.05. The molecule has 1 aromatic heterocycles. The summed E-state index contributed by atoms with van der Waals surface area (Å²) in [4.78, 5) is 0. The van der Waals surface area contributed by atoms with Crippen LogP contribution in [0.25, 0.3) is 11.1 Å². The van der Waals surface area contributed by atoms with Crippen LogP contribution in [0.5, 0.6) is 11.5 Å². The molecule has 0 bridgehead atoms. The second-order valence-corrected chi connectivity index (χ2v) is 4.62. The lowest BCUT2D eigenvalue weighted by molar-refractivity contribution is 0.168. The SMILES string of the molecule is COCc1ccc2c(c1-c1cnn(C)c1N)OCCO2. The summed E-state index contributed by atoms with van der Waals surface area (Å²) < 4.78 is 18.3. The number of rotatable bonds is 3. The Morgan fingerprint density at radius 2 is 2.15 bits per heavy atom. The monoisotopic (exact) mass is 275 g/mol. The molecule has 1 aliphatic rings. The third-order valence-corrected chi connectivity index (χ3v) is 3.35. The zero-order valence-electron chi connectivity index (χ0n) is 11.5. The molecular formula is C14H17N3O3. The van der Waals surface area contributed by atoms with Crippen molar-refractivity contribution in [1.29, 1.82) is 0 Å². The molecule has 0 saturated heterocycles. The minimum Gasteiger partial charge on any atom is -0.486 e. The Hall–Kier alpha value is -2.21. The minimum absolute atomic E-state index is 0.473. The van der Waals surface area contributed by atoms with Gasteiger partial charge in [-0.1, -0.05) is 6.07 Å². The number of aromatic nitrogens is 2. The van der Waals surface area contributed by atoms with Gasteiger partial charge in [0, 0.05) is 25.3 Å². The lowest BCUT2D eigenvalue weighted by Crippen LogP contribution is -2.16. The van der Waals surface area contributed by atoms with E-state index in [1.54, 1.807) is 18.0 Å². The summed E-state index contributed by atoms with van der Waals surface area (Å²) in [6, 6.07) is 3.87. The van der Waals surface area contributed by atoms with Crippen LogP contribution in [0.4, 0.5) is 5.82 Å². The molecule has 2 heterocycles. The standard InChI is InChI=1S/C14H17N3O3/c1-17-14(15)10(7-16-17)12-9(8-18-2)3-4-11-13(12)20-6-5-19-11/h3-4,7H,5-6,8,15H2,1-2H3. The summed E-state index contributed by atoms with van der Waals surface area (Å²) in [5.74, 6) is 2.03. The minimum atomic E-state index is 0.473. The molecule has 20 heavy (non-hydrogen) atoms. The van der Waals surface area contributed by atoms with Crippen LogP contribution >= 0.6 is 0 Å². The van der Waals surface area contributed by atoms with E-state index in [-0.39, 0.29) is 0 Å². The van der Waals surface area contributed by atoms with Crippen molar-refractivity contribution in [2.24, 2.45) is 7.05 Å². The van der Waals surface area contributed by atoms with E-state index in [1.807, 2.05) is 19.2 Å². The fourth-order valence-corrected chi connectivity index (χ4v) is 2.37. The van der Waals surface area contributed by atoms with Crippen LogP contribution in [-0.4, -0.2) is 30.1 Å². The van der Waals surface area contributed by atoms with Crippen molar-refractivity contribution in [3.05, 3.63) is 23.9 Å². The lowest BCUT2D eigenvalue weighted by atomic mass is 10.00. The Morgan fingerprint density at radius 1 is 1.35 bits per heavy atom. The van der Waals surface area contributed by atoms with E-state index in [4.69, 9.17) is 19.9 Å². The van der Waals surface area contributed by atoms with E-state index in [9.17, 15) is 0 Å². The Bertz CT molecular complexity index is 637. The molecule has 0 fully saturated rings. The maximum atomic E-state index is 6.10. The molecule has 1 aliphatic heterocycles. The molecule has 2 N–H and O–H groups in total. The van der Waals surface area contributed by atoms with Gasteiger partial charge in [0.1, 0.15) is 19.0 Å². The number of nitrogens with two attached hydrogens (primary N) is 1. The molecule has 0 saturated carbocycles. The molecule has 0 unspecified atom stereocenters. The number of nitrogen functional groups attached to an aromatic ring is 1. The summed E-state index contributed by atoms with van der Waals surface area (Å²) in [6.07, 6.45) is 1.74. The number of aryl methyl sites for hydroxylation is 1. The molecule has 0 radical (unpaired) electrons. The van der Waals surface area contributed by atoms with Gasteiger partial charge in [-0.25, -0.2) is 0 Å². The first-order valence-corrected chi connectivity index (χ1v) is 6.40. The summed E-state index contributed by atoms with van der Waals surface area (Å²) >= 11 is 0. The predicted octanol–water partition coefficient (Wildman–Crippen LogP) is 1.59. The van der Waals surface area contributed by atoms with Crippen molar-refractivity contribution in [3.8, 4) is 22.6 Å². The first kappa shape index (κ1) is 12.8. The van der Waals surface area contributed by atoms with Crippen molar-refractivity contribution in [2.75, 3.05) is 26.1 Å². The van der Waals surface area contributed by atoms with Crippen molar-refractivity contribution < 1.29 is 14.2 Å². The van der Waals surface area contributed by atoms with Gasteiger partial charge in [-0.2, -0.15) is 5.10 Å². The van der Waals surface area contributed by atoms with E-state index in [1.165, 1.54) is 0 Å². The highest BCUT2D eigenvalue weighted by Crippen LogP contribution is 2.44. The Balaban J connectivity index is 2.22. The van der Waals surface area contributed by atoms with Crippen LogP contribution < -0.4 is 15.2 Å². The number of fused-ring (bicyclic) bond motifs is 1. The van der Waals surface area contributed by atoms with E-state index in [0.717, 1.165) is 22.4 Å². The quantitative estimate of drug-likeness (QED) is 0.921. The third kappa shape index (κ3) is 1.98. The highest BCUT2D eigenvalue weighted by molar-refractivity contribution is 5.83. The second-order valence-electron chi connectivity index (χ2n) is 4.62. The Morgan fingerprint density at radius 3 is 2.85 bits per heavy atom. The molecule has 0 spiro atoms. The molecule has 106 valence electrons. The number of methoxy groups -OCH3 is 1. The normalized spacial score (nSPS) is 13.5. The highest BCUT2D eigenvalue weighted by atomic mass is 16.6. The van der Waals surface area contributed by atoms with Crippen LogP contribution in [0, 0.1) is 0 Å². The number of nitrogens with zero attached hydrogens (tertiary/aromatic N) is 2. The first-order chi connectivity index (χ1) is 9.72. The fraction of sp³-hybridized carbons (Fsp3) is 0.357. The number of hydrogen-bond donors (Lipinski definition) is 1. The largest absolute Gasteiger partial charge is 0.486 e. The molecule has 0 amide bonds. The van der Waals surface area contributed by atoms with Crippen molar-refractivity contribution >= 4 is 5.82 Å². The average Bonchev–Trinajstić information content (AvgIpc) is 2.79. The molecule has 6 heteroatoms. The molecule has 0 aliphatic carbocycles. The van der Waals surface area contributed by atoms with Gasteiger partial charge in [0.25, 0.3) is 0 Å². The fourth-order valence-electron chi connectivity index (χ4n) is 2.37. The van der Waals surface area contributed by atoms with Crippen LogP contribution in [-0.2, 0) is 18.4 Å². The molecule has 2 aromatic rings. The molecule has 3 rings (SSSR count). The number of benzene rings is 1. The number of anilines is 1. The summed E-state index contributed by atoms with van der Waals surface area (Å²) in [6.45, 7) is 1.55. The summed E-state index contributed by atoms with van der Waals surface area (Å²) in [5, 5.41) is 4.20. The number of ether oxygens (including phenoxy) is 3. The van der Waals surface area contributed by atoms with Gasteiger partial charge in [0.05, 0.1) is 12.8 Å². The van der Waals surface area contributed by atoms with Crippen molar-refractivity contribution in [1.82, 2.24) is 9.78 Å². The molecule has 1 aromatic carbocycles. The summed E-state index contributed by atoms with van der Waals surface area (Å²) in [5.41, 5.74) is 8.83. The van der Waals surface area contributed by atoms with Crippen LogP contribution in [0.2, 0.25) is 0 Å². The van der Waals surface area contributed by atoms with Crippen LogP contribution in [0.3, 0.4) is 0 Å². The van der Waals surface area contributed by atoms with Gasteiger partial charge in [0.2, 0.25) is 0 Å². The van der Waals surface area contributed by atoms with E-state index in [2.05, 4.69) is 5.10 Å². The summed E-state index contributed by atoms with van der Waals surface area (Å²) in [7, 11) is 3.47. The molecule has 0 atom stereocenters. The molecule has 6 nitrogen and oxygen atoms in total. The van der Waals surface area contributed by atoms with E-state index in [0.29, 0.717) is 31.4 Å². The van der Waals surface area contributed by atoms with Gasteiger partial charge in [-0.05, 0) is 11.6 Å². The first-order valence-electron chi connectivity index (χ1n) is 6.40.